The first-order valence-corrected chi connectivity index (χ1v) is 11.9. The number of rotatable bonds is 5. The molecule has 3 heterocycles. The summed E-state index contributed by atoms with van der Waals surface area (Å²) in [7, 11) is 1.88. The maximum atomic E-state index is 13.1. The summed E-state index contributed by atoms with van der Waals surface area (Å²) in [5.74, 6) is 1.28. The van der Waals surface area contributed by atoms with Crippen molar-refractivity contribution in [3.63, 3.8) is 0 Å². The minimum absolute atomic E-state index is 0.0449. The first-order valence-electron chi connectivity index (χ1n) is 11.9. The van der Waals surface area contributed by atoms with Crippen molar-refractivity contribution in [3.8, 4) is 11.5 Å². The molecule has 0 unspecified atom stereocenters. The average molecular weight is 447 g/mol. The Kier molecular flexibility index (Phi) is 4.70. The highest BCUT2D eigenvalue weighted by Gasteiger charge is 2.66. The molecule has 1 N–H and O–H groups in total. The third-order valence-corrected chi connectivity index (χ3v) is 8.57. The van der Waals surface area contributed by atoms with Crippen LogP contribution in [0.2, 0.25) is 0 Å². The van der Waals surface area contributed by atoms with Crippen LogP contribution in [0.15, 0.2) is 53.9 Å². The number of ether oxygens (including phenoxy) is 1. The first-order chi connectivity index (χ1) is 16.0. The van der Waals surface area contributed by atoms with Crippen molar-refractivity contribution in [2.45, 2.75) is 49.3 Å². The Balaban J connectivity index is 1.38. The zero-order chi connectivity index (χ0) is 22.7. The molecule has 4 aliphatic rings. The van der Waals surface area contributed by atoms with Crippen molar-refractivity contribution in [1.29, 1.82) is 0 Å². The second-order valence-corrected chi connectivity index (χ2v) is 9.92. The van der Waals surface area contributed by atoms with Gasteiger partial charge < -0.3 is 19.2 Å². The monoisotopic (exact) mass is 446 g/mol. The predicted octanol–water partition coefficient (Wildman–Crippen LogP) is 3.75. The molecule has 0 radical (unpaired) electrons. The molecule has 2 fully saturated rings. The highest BCUT2D eigenvalue weighted by atomic mass is 16.5. The van der Waals surface area contributed by atoms with Crippen LogP contribution in [-0.4, -0.2) is 59.1 Å². The summed E-state index contributed by atoms with van der Waals surface area (Å²) in [5, 5.41) is 10.7. The van der Waals surface area contributed by atoms with Gasteiger partial charge in [0.1, 0.15) is 6.10 Å². The number of benzene rings is 1. The number of piperidine rings is 1. The van der Waals surface area contributed by atoms with Crippen LogP contribution in [0.3, 0.4) is 0 Å². The number of amides is 1. The van der Waals surface area contributed by atoms with Gasteiger partial charge in [0.2, 0.25) is 5.91 Å². The fourth-order valence-corrected chi connectivity index (χ4v) is 7.21. The molecular formula is C27H30N2O4. The molecule has 1 spiro atoms. The number of likely N-dealkylation sites (N-methyl/N-ethyl adjacent to an activating group) is 1. The molecule has 1 saturated heterocycles. The number of hydrogen-bond acceptors (Lipinski definition) is 5. The molecule has 1 saturated carbocycles. The zero-order valence-corrected chi connectivity index (χ0v) is 18.9. The van der Waals surface area contributed by atoms with Crippen LogP contribution in [0.4, 0.5) is 0 Å². The van der Waals surface area contributed by atoms with Gasteiger partial charge in [-0.15, -0.1) is 6.58 Å². The third-order valence-electron chi connectivity index (χ3n) is 8.57. The summed E-state index contributed by atoms with van der Waals surface area (Å²) >= 11 is 0. The van der Waals surface area contributed by atoms with Crippen LogP contribution in [0.25, 0.3) is 6.08 Å². The topological polar surface area (TPSA) is 66.2 Å². The quantitative estimate of drug-likeness (QED) is 0.560. The zero-order valence-electron chi connectivity index (χ0n) is 18.9. The van der Waals surface area contributed by atoms with Gasteiger partial charge in [-0.25, -0.2) is 0 Å². The molecule has 6 nitrogen and oxygen atoms in total. The second kappa shape index (κ2) is 7.52. The molecule has 2 aliphatic heterocycles. The maximum absolute atomic E-state index is 13.1. The van der Waals surface area contributed by atoms with Crippen LogP contribution >= 0.6 is 0 Å². The summed E-state index contributed by atoms with van der Waals surface area (Å²) in [6.45, 7) is 5.85. The predicted molar refractivity (Wildman–Crippen MR) is 125 cm³/mol. The molecule has 1 amide bonds. The van der Waals surface area contributed by atoms with Gasteiger partial charge in [0, 0.05) is 42.3 Å². The molecule has 172 valence electrons. The van der Waals surface area contributed by atoms with Gasteiger partial charge in [-0.2, -0.15) is 0 Å². The lowest BCUT2D eigenvalue weighted by Crippen LogP contribution is -2.68. The van der Waals surface area contributed by atoms with Crippen molar-refractivity contribution in [2.24, 2.45) is 5.92 Å². The van der Waals surface area contributed by atoms with E-state index in [1.54, 1.807) is 30.7 Å². The van der Waals surface area contributed by atoms with Gasteiger partial charge in [0.15, 0.2) is 11.5 Å². The van der Waals surface area contributed by atoms with Gasteiger partial charge in [-0.1, -0.05) is 12.1 Å². The molecule has 2 aliphatic carbocycles. The summed E-state index contributed by atoms with van der Waals surface area (Å²) < 4.78 is 11.7. The summed E-state index contributed by atoms with van der Waals surface area (Å²) in [4.78, 5) is 17.5. The minimum Gasteiger partial charge on any atom is -0.504 e. The van der Waals surface area contributed by atoms with Crippen molar-refractivity contribution < 1.29 is 19.1 Å². The summed E-state index contributed by atoms with van der Waals surface area (Å²) in [5.41, 5.74) is 3.21. The number of carbonyl (C=O) groups is 1. The normalized spacial score (nSPS) is 31.8. The first kappa shape index (κ1) is 20.6. The van der Waals surface area contributed by atoms with Crippen LogP contribution < -0.4 is 4.74 Å². The molecule has 6 heteroatoms. The van der Waals surface area contributed by atoms with Crippen molar-refractivity contribution in [1.82, 2.24) is 9.80 Å². The van der Waals surface area contributed by atoms with E-state index < -0.39 is 0 Å². The molecule has 6 rings (SSSR count). The Morgan fingerprint density at radius 3 is 3.03 bits per heavy atom. The van der Waals surface area contributed by atoms with E-state index in [4.69, 9.17) is 9.15 Å². The fourth-order valence-electron chi connectivity index (χ4n) is 7.21. The Labute approximate surface area is 194 Å². The third kappa shape index (κ3) is 2.86. The lowest BCUT2D eigenvalue weighted by Gasteiger charge is -2.60. The van der Waals surface area contributed by atoms with Crippen LogP contribution in [0.1, 0.15) is 36.0 Å². The molecule has 2 aromatic rings. The molecule has 2 bridgehead atoms. The number of phenolic OH excluding ortho intramolecular Hbond substituents is 1. The summed E-state index contributed by atoms with van der Waals surface area (Å²) in [6.07, 6.45) is 12.3. The van der Waals surface area contributed by atoms with Gasteiger partial charge >= 0.3 is 0 Å². The Bertz CT molecular complexity index is 1120. The summed E-state index contributed by atoms with van der Waals surface area (Å²) in [6, 6.07) is 6.07. The standard InChI is InChI=1S/C27H30N2O4/c1-3-12-29-13-11-27-19-6-7-20(28(2)23(31)9-4-17-10-14-32-16-17)26(27)33-25-22(30)8-5-18(24(25)27)15-21(19)29/h3-5,8-10,14,16,19-21,26,30H,1,6-7,11-13,15H2,2H3/b9-4+/t19-,20-,21+,26-,27-/m0/s1. The number of furan rings is 1. The maximum Gasteiger partial charge on any atom is 0.246 e. The van der Waals surface area contributed by atoms with E-state index in [9.17, 15) is 9.90 Å². The highest BCUT2D eigenvalue weighted by molar-refractivity contribution is 5.91. The van der Waals surface area contributed by atoms with Crippen LogP contribution in [0, 0.1) is 5.92 Å². The minimum atomic E-state index is -0.157. The van der Waals surface area contributed by atoms with Crippen molar-refractivity contribution in [2.75, 3.05) is 20.1 Å². The SMILES string of the molecule is C=CCN1CC[C@]23c4c5ccc(O)c4O[C@H]2[C@@H](N(C)C(=O)/C=C/c2ccoc2)CC[C@H]3[C@H]1C5. The van der Waals surface area contributed by atoms with Crippen molar-refractivity contribution >= 4 is 12.0 Å². The van der Waals surface area contributed by atoms with E-state index in [1.165, 1.54) is 11.1 Å². The van der Waals surface area contributed by atoms with E-state index in [0.29, 0.717) is 17.7 Å². The lowest BCUT2D eigenvalue weighted by atomic mass is 9.51. The van der Waals surface area contributed by atoms with E-state index in [1.807, 2.05) is 24.1 Å². The number of aromatic hydroxyl groups is 1. The van der Waals surface area contributed by atoms with Gasteiger partial charge in [0.05, 0.1) is 18.6 Å². The van der Waals surface area contributed by atoms with Crippen molar-refractivity contribution in [3.05, 3.63) is 66.1 Å². The molecule has 1 aromatic carbocycles. The number of hydrogen-bond donors (Lipinski definition) is 1. The second-order valence-electron chi connectivity index (χ2n) is 9.92. The van der Waals surface area contributed by atoms with Crippen LogP contribution in [-0.2, 0) is 16.6 Å². The van der Waals surface area contributed by atoms with E-state index >= 15 is 0 Å². The number of nitrogens with zero attached hydrogens (tertiary/aromatic N) is 2. The largest absolute Gasteiger partial charge is 0.504 e. The Morgan fingerprint density at radius 1 is 1.36 bits per heavy atom. The Hall–Kier alpha value is -2.99. The Morgan fingerprint density at radius 2 is 2.24 bits per heavy atom. The number of phenols is 1. The average Bonchev–Trinajstić information content (AvgIpc) is 3.46. The van der Waals surface area contributed by atoms with Gasteiger partial charge in [0.25, 0.3) is 0 Å². The number of carbonyl (C=O) groups excluding carboxylic acids is 1. The molecule has 1 aromatic heterocycles. The van der Waals surface area contributed by atoms with Gasteiger partial charge in [-0.05, 0) is 61.9 Å². The lowest BCUT2D eigenvalue weighted by molar-refractivity contribution is -0.135. The van der Waals surface area contributed by atoms with Crippen LogP contribution in [0.5, 0.6) is 11.5 Å². The highest BCUT2D eigenvalue weighted by Crippen LogP contribution is 2.64. The molecule has 5 atom stereocenters. The smallest absolute Gasteiger partial charge is 0.246 e. The van der Waals surface area contributed by atoms with E-state index in [-0.39, 0.29) is 29.2 Å². The number of likely N-dealkylation sites (tertiary alicyclic amines) is 1. The van der Waals surface area contributed by atoms with E-state index in [0.717, 1.165) is 44.3 Å². The van der Waals surface area contributed by atoms with E-state index in [2.05, 4.69) is 17.5 Å². The fraction of sp³-hybridized carbons (Fsp3) is 0.444. The van der Waals surface area contributed by atoms with Gasteiger partial charge in [-0.3, -0.25) is 9.69 Å². The molecular weight excluding hydrogens is 416 g/mol. The molecule has 33 heavy (non-hydrogen) atoms.